The second-order valence-electron chi connectivity index (χ2n) is 5.54. The number of anilines is 1. The number of hydrogen-bond acceptors (Lipinski definition) is 4. The molecule has 6 nitrogen and oxygen atoms in total. The summed E-state index contributed by atoms with van der Waals surface area (Å²) < 4.78 is 0. The number of nitrogens with zero attached hydrogens (tertiary/aromatic N) is 4. The first-order valence-electron chi connectivity index (χ1n) is 7.18. The van der Waals surface area contributed by atoms with Crippen LogP contribution in [0.4, 0.5) is 11.6 Å². The van der Waals surface area contributed by atoms with Crippen molar-refractivity contribution in [2.75, 3.05) is 5.01 Å². The predicted molar refractivity (Wildman–Crippen MR) is 90.0 cm³/mol. The van der Waals surface area contributed by atoms with Crippen LogP contribution in [0.15, 0.2) is 35.3 Å². The summed E-state index contributed by atoms with van der Waals surface area (Å²) in [6.45, 7) is 8.05. The van der Waals surface area contributed by atoms with E-state index in [4.69, 9.17) is 11.6 Å². The molecule has 0 amide bonds. The molecule has 2 rings (SSSR count). The van der Waals surface area contributed by atoms with Crippen LogP contribution in [0.2, 0.25) is 0 Å². The highest BCUT2D eigenvalue weighted by Gasteiger charge is 2.10. The Balaban J connectivity index is 2.23. The van der Waals surface area contributed by atoms with E-state index in [0.717, 1.165) is 17.1 Å². The highest BCUT2D eigenvalue weighted by atomic mass is 15.5. The van der Waals surface area contributed by atoms with Crippen molar-refractivity contribution in [3.63, 3.8) is 0 Å². The van der Waals surface area contributed by atoms with Crippen molar-refractivity contribution >= 4 is 17.6 Å². The highest BCUT2D eigenvalue weighted by Crippen LogP contribution is 2.19. The van der Waals surface area contributed by atoms with E-state index in [1.54, 1.807) is 0 Å². The summed E-state index contributed by atoms with van der Waals surface area (Å²) in [5.74, 6) is 6.90. The van der Waals surface area contributed by atoms with Gasteiger partial charge in [0.05, 0.1) is 5.69 Å². The van der Waals surface area contributed by atoms with Crippen LogP contribution >= 0.6 is 0 Å². The van der Waals surface area contributed by atoms with Crippen LogP contribution in [0.1, 0.15) is 36.7 Å². The van der Waals surface area contributed by atoms with E-state index < -0.39 is 0 Å². The zero-order valence-corrected chi connectivity index (χ0v) is 13.4. The maximum absolute atomic E-state index is 5.95. The summed E-state index contributed by atoms with van der Waals surface area (Å²) in [4.78, 5) is 12.8. The number of nitrogens with two attached hydrogens (primary N) is 2. The molecule has 0 spiro atoms. The Kier molecular flexibility index (Phi) is 4.72. The van der Waals surface area contributed by atoms with Gasteiger partial charge in [-0.15, -0.1) is 0 Å². The minimum Gasteiger partial charge on any atom is -0.368 e. The molecule has 0 aliphatic rings. The molecule has 1 heterocycles. The quantitative estimate of drug-likeness (QED) is 0.393. The number of aromatic nitrogens is 2. The molecule has 0 unspecified atom stereocenters. The lowest BCUT2D eigenvalue weighted by Gasteiger charge is -2.16. The third-order valence-electron chi connectivity index (χ3n) is 3.24. The smallest absolute Gasteiger partial charge is 0.247 e. The molecule has 1 aromatic carbocycles. The minimum atomic E-state index is 0.141. The fourth-order valence-electron chi connectivity index (χ4n) is 2.04. The molecule has 0 aliphatic carbocycles. The average Bonchev–Trinajstić information content (AvgIpc) is 2.46. The number of aryl methyl sites for hydroxylation is 2. The Morgan fingerprint density at radius 1 is 1.09 bits per heavy atom. The maximum Gasteiger partial charge on any atom is 0.247 e. The summed E-state index contributed by atoms with van der Waals surface area (Å²) in [5.41, 5.74) is 9.59. The standard InChI is InChI=1S/C16H22N6/c1-10(2)13-5-7-14(8-6-13)21-15(17)22(18)16-19-11(3)9-12(4)20-16/h5-10H,18H2,1-4H3,(H2,17,21). The summed E-state index contributed by atoms with van der Waals surface area (Å²) in [6, 6.07) is 9.77. The van der Waals surface area contributed by atoms with Crippen LogP contribution in [-0.2, 0) is 0 Å². The van der Waals surface area contributed by atoms with Crippen LogP contribution in [-0.4, -0.2) is 15.9 Å². The van der Waals surface area contributed by atoms with Crippen LogP contribution in [0, 0.1) is 13.8 Å². The summed E-state index contributed by atoms with van der Waals surface area (Å²) in [7, 11) is 0. The van der Waals surface area contributed by atoms with Gasteiger partial charge >= 0.3 is 0 Å². The zero-order valence-electron chi connectivity index (χ0n) is 13.4. The number of hydrogen-bond donors (Lipinski definition) is 2. The molecule has 0 radical (unpaired) electrons. The number of rotatable bonds is 3. The maximum atomic E-state index is 5.95. The number of aliphatic imine (C=N–C) groups is 1. The van der Waals surface area contributed by atoms with E-state index >= 15 is 0 Å². The van der Waals surface area contributed by atoms with Crippen LogP contribution in [0.3, 0.4) is 0 Å². The third kappa shape index (κ3) is 3.79. The van der Waals surface area contributed by atoms with Crippen molar-refractivity contribution in [2.45, 2.75) is 33.6 Å². The fourth-order valence-corrected chi connectivity index (χ4v) is 2.04. The molecule has 0 saturated heterocycles. The molecule has 0 bridgehead atoms. The molecule has 0 aliphatic heterocycles. The van der Waals surface area contributed by atoms with E-state index in [1.165, 1.54) is 10.6 Å². The van der Waals surface area contributed by atoms with Crippen molar-refractivity contribution in [1.82, 2.24) is 9.97 Å². The lowest BCUT2D eigenvalue weighted by molar-refractivity contribution is 0.867. The Bertz CT molecular complexity index is 655. The Labute approximate surface area is 130 Å². The van der Waals surface area contributed by atoms with Crippen molar-refractivity contribution in [3.05, 3.63) is 47.3 Å². The van der Waals surface area contributed by atoms with Gasteiger partial charge in [-0.2, -0.15) is 0 Å². The molecule has 22 heavy (non-hydrogen) atoms. The number of hydrazine groups is 1. The molecule has 4 N–H and O–H groups in total. The average molecular weight is 298 g/mol. The topological polar surface area (TPSA) is 93.4 Å². The zero-order chi connectivity index (χ0) is 16.3. The molecule has 6 heteroatoms. The van der Waals surface area contributed by atoms with Gasteiger partial charge in [0, 0.05) is 11.4 Å². The van der Waals surface area contributed by atoms with Gasteiger partial charge < -0.3 is 5.73 Å². The van der Waals surface area contributed by atoms with E-state index in [1.807, 2.05) is 44.2 Å². The van der Waals surface area contributed by atoms with Gasteiger partial charge in [-0.3, -0.25) is 0 Å². The van der Waals surface area contributed by atoms with Crippen molar-refractivity contribution < 1.29 is 0 Å². The first kappa shape index (κ1) is 15.9. The van der Waals surface area contributed by atoms with E-state index in [0.29, 0.717) is 11.9 Å². The Morgan fingerprint density at radius 3 is 2.14 bits per heavy atom. The van der Waals surface area contributed by atoms with Crippen molar-refractivity contribution in [3.8, 4) is 0 Å². The van der Waals surface area contributed by atoms with Gasteiger partial charge in [-0.25, -0.2) is 25.8 Å². The third-order valence-corrected chi connectivity index (χ3v) is 3.24. The lowest BCUT2D eigenvalue weighted by atomic mass is 10.0. The first-order chi connectivity index (χ1) is 10.4. The van der Waals surface area contributed by atoms with Gasteiger partial charge in [0.25, 0.3) is 0 Å². The van der Waals surface area contributed by atoms with Gasteiger partial charge in [0.1, 0.15) is 0 Å². The fraction of sp³-hybridized carbons (Fsp3) is 0.312. The molecule has 0 fully saturated rings. The Hall–Kier alpha value is -2.47. The Morgan fingerprint density at radius 2 is 1.64 bits per heavy atom. The largest absolute Gasteiger partial charge is 0.368 e. The summed E-state index contributed by atoms with van der Waals surface area (Å²) >= 11 is 0. The van der Waals surface area contributed by atoms with Crippen LogP contribution < -0.4 is 16.6 Å². The van der Waals surface area contributed by atoms with E-state index in [9.17, 15) is 0 Å². The van der Waals surface area contributed by atoms with Gasteiger partial charge in [0.2, 0.25) is 11.9 Å². The van der Waals surface area contributed by atoms with Crippen molar-refractivity contribution in [2.24, 2.45) is 16.6 Å². The second kappa shape index (κ2) is 6.53. The lowest BCUT2D eigenvalue weighted by Crippen LogP contribution is -2.44. The van der Waals surface area contributed by atoms with Gasteiger partial charge in [-0.1, -0.05) is 26.0 Å². The predicted octanol–water partition coefficient (Wildman–Crippen LogP) is 2.54. The highest BCUT2D eigenvalue weighted by molar-refractivity contribution is 5.93. The molecule has 0 atom stereocenters. The molecule has 0 saturated carbocycles. The summed E-state index contributed by atoms with van der Waals surface area (Å²) in [6.07, 6.45) is 0. The molecule has 116 valence electrons. The minimum absolute atomic E-state index is 0.141. The van der Waals surface area contributed by atoms with Gasteiger partial charge in [-0.05, 0) is 43.5 Å². The summed E-state index contributed by atoms with van der Waals surface area (Å²) in [5, 5.41) is 1.19. The van der Waals surface area contributed by atoms with Gasteiger partial charge in [0.15, 0.2) is 0 Å². The second-order valence-corrected chi connectivity index (χ2v) is 5.54. The normalized spacial score (nSPS) is 11.8. The monoisotopic (exact) mass is 298 g/mol. The van der Waals surface area contributed by atoms with E-state index in [2.05, 4.69) is 28.8 Å². The molecular weight excluding hydrogens is 276 g/mol. The first-order valence-corrected chi connectivity index (χ1v) is 7.18. The van der Waals surface area contributed by atoms with Crippen molar-refractivity contribution in [1.29, 1.82) is 0 Å². The molecule has 1 aromatic heterocycles. The SMILES string of the molecule is Cc1cc(C)nc(N(N)C(N)=Nc2ccc(C(C)C)cc2)n1. The molecular formula is C16H22N6. The number of benzene rings is 1. The number of guanidine groups is 1. The van der Waals surface area contributed by atoms with E-state index in [-0.39, 0.29) is 5.96 Å². The van der Waals surface area contributed by atoms with Crippen LogP contribution in [0.25, 0.3) is 0 Å². The molecule has 2 aromatic rings. The van der Waals surface area contributed by atoms with Crippen LogP contribution in [0.5, 0.6) is 0 Å².